The van der Waals surface area contributed by atoms with Gasteiger partial charge in [-0.15, -0.1) is 0 Å². The van der Waals surface area contributed by atoms with Crippen molar-refractivity contribution in [3.8, 4) is 11.3 Å². The molecule has 0 radical (unpaired) electrons. The van der Waals surface area contributed by atoms with Crippen molar-refractivity contribution in [1.82, 2.24) is 19.3 Å². The van der Waals surface area contributed by atoms with Crippen molar-refractivity contribution in [1.29, 1.82) is 0 Å². The number of benzene rings is 2. The van der Waals surface area contributed by atoms with Crippen molar-refractivity contribution >= 4 is 21.6 Å². The molecule has 0 unspecified atom stereocenters. The molecule has 184 valence electrons. The van der Waals surface area contributed by atoms with Crippen LogP contribution in [0.5, 0.6) is 0 Å². The van der Waals surface area contributed by atoms with E-state index in [-0.39, 0.29) is 16.7 Å². The second-order valence-electron chi connectivity index (χ2n) is 8.64. The van der Waals surface area contributed by atoms with Gasteiger partial charge in [0.1, 0.15) is 0 Å². The SMILES string of the molecule is C[C@H](Cc1cncc(-c2cccc(S(=O)(=O)N(C)C)c2)n1)c1cccc(NC(=O)c2cccnc2)c1. The third-order valence-corrected chi connectivity index (χ3v) is 7.56. The number of hydrogen-bond acceptors (Lipinski definition) is 6. The zero-order valence-electron chi connectivity index (χ0n) is 20.3. The Morgan fingerprint density at radius 2 is 1.78 bits per heavy atom. The average molecular weight is 502 g/mol. The van der Waals surface area contributed by atoms with E-state index in [1.54, 1.807) is 48.9 Å². The number of carbonyl (C=O) groups is 1. The van der Waals surface area contributed by atoms with Gasteiger partial charge in [0.05, 0.1) is 28.0 Å². The van der Waals surface area contributed by atoms with Crippen LogP contribution in [0.25, 0.3) is 11.3 Å². The third kappa shape index (κ3) is 5.81. The number of nitrogens with zero attached hydrogens (tertiary/aromatic N) is 4. The summed E-state index contributed by atoms with van der Waals surface area (Å²) in [7, 11) is -0.545. The standard InChI is InChI=1S/C27H27N5O3S/c1-19(20-7-4-10-23(14-20)31-27(33)22-9-6-12-28-16-22)13-24-17-29-18-26(30-24)21-8-5-11-25(15-21)36(34,35)32(2)3/h4-12,14-19H,13H2,1-3H3,(H,31,33)/t19-/m1/s1. The largest absolute Gasteiger partial charge is 0.322 e. The average Bonchev–Trinajstić information content (AvgIpc) is 2.89. The van der Waals surface area contributed by atoms with Gasteiger partial charge in [-0.25, -0.2) is 17.7 Å². The summed E-state index contributed by atoms with van der Waals surface area (Å²) in [5.41, 5.74) is 4.31. The summed E-state index contributed by atoms with van der Waals surface area (Å²) >= 11 is 0. The lowest BCUT2D eigenvalue weighted by Gasteiger charge is -2.14. The number of sulfonamides is 1. The lowest BCUT2D eigenvalue weighted by atomic mass is 9.96. The molecule has 0 fully saturated rings. The van der Waals surface area contributed by atoms with Crippen LogP contribution in [0.1, 0.15) is 34.5 Å². The van der Waals surface area contributed by atoms with E-state index in [2.05, 4.69) is 22.2 Å². The maximum Gasteiger partial charge on any atom is 0.257 e. The van der Waals surface area contributed by atoms with Crippen LogP contribution in [0.2, 0.25) is 0 Å². The Balaban J connectivity index is 1.51. The molecule has 1 N–H and O–H groups in total. The molecule has 2 heterocycles. The van der Waals surface area contributed by atoms with Gasteiger partial charge in [0.15, 0.2) is 0 Å². The van der Waals surface area contributed by atoms with Crippen LogP contribution < -0.4 is 5.32 Å². The van der Waals surface area contributed by atoms with Crippen LogP contribution in [-0.4, -0.2) is 47.7 Å². The van der Waals surface area contributed by atoms with Gasteiger partial charge in [0.25, 0.3) is 5.91 Å². The van der Waals surface area contributed by atoms with Gasteiger partial charge >= 0.3 is 0 Å². The van der Waals surface area contributed by atoms with Gasteiger partial charge in [0.2, 0.25) is 10.0 Å². The van der Waals surface area contributed by atoms with Gasteiger partial charge < -0.3 is 5.32 Å². The predicted molar refractivity (Wildman–Crippen MR) is 139 cm³/mol. The van der Waals surface area contributed by atoms with Crippen LogP contribution in [0.4, 0.5) is 5.69 Å². The smallest absolute Gasteiger partial charge is 0.257 e. The fraction of sp³-hybridized carbons (Fsp3) is 0.185. The number of pyridine rings is 1. The van der Waals surface area contributed by atoms with E-state index in [9.17, 15) is 13.2 Å². The highest BCUT2D eigenvalue weighted by Gasteiger charge is 2.18. The molecule has 1 atom stereocenters. The molecule has 0 saturated carbocycles. The molecule has 8 nitrogen and oxygen atoms in total. The monoisotopic (exact) mass is 501 g/mol. The Hall–Kier alpha value is -3.95. The molecule has 0 saturated heterocycles. The molecule has 0 spiro atoms. The minimum absolute atomic E-state index is 0.102. The zero-order chi connectivity index (χ0) is 25.7. The highest BCUT2D eigenvalue weighted by Crippen LogP contribution is 2.25. The fourth-order valence-electron chi connectivity index (χ4n) is 3.73. The first kappa shape index (κ1) is 25.2. The first-order valence-corrected chi connectivity index (χ1v) is 12.8. The maximum atomic E-state index is 12.5. The highest BCUT2D eigenvalue weighted by molar-refractivity contribution is 7.89. The molecule has 4 rings (SSSR count). The van der Waals surface area contributed by atoms with Crippen LogP contribution in [0.15, 0.2) is 90.3 Å². The quantitative estimate of drug-likeness (QED) is 0.384. The van der Waals surface area contributed by atoms with E-state index < -0.39 is 10.0 Å². The summed E-state index contributed by atoms with van der Waals surface area (Å²) in [6.45, 7) is 2.08. The van der Waals surface area contributed by atoms with Crippen molar-refractivity contribution < 1.29 is 13.2 Å². The van der Waals surface area contributed by atoms with Crippen LogP contribution in [0.3, 0.4) is 0 Å². The second-order valence-corrected chi connectivity index (χ2v) is 10.8. The van der Waals surface area contributed by atoms with Crippen LogP contribution in [0, 0.1) is 0 Å². The third-order valence-electron chi connectivity index (χ3n) is 5.75. The molecule has 0 aliphatic rings. The number of amides is 1. The summed E-state index contributed by atoms with van der Waals surface area (Å²) in [5.74, 6) is -0.116. The molecule has 36 heavy (non-hydrogen) atoms. The van der Waals surface area contributed by atoms with E-state index in [0.29, 0.717) is 28.9 Å². The summed E-state index contributed by atoms with van der Waals surface area (Å²) in [6.07, 6.45) is 7.12. The van der Waals surface area contributed by atoms with Gasteiger partial charge in [-0.3, -0.25) is 14.8 Å². The molecule has 2 aromatic carbocycles. The number of nitrogens with one attached hydrogen (secondary N) is 1. The van der Waals surface area contributed by atoms with E-state index >= 15 is 0 Å². The van der Waals surface area contributed by atoms with Crippen molar-refractivity contribution in [2.45, 2.75) is 24.2 Å². The Kier molecular flexibility index (Phi) is 7.52. The lowest BCUT2D eigenvalue weighted by molar-refractivity contribution is 0.102. The molecular weight excluding hydrogens is 474 g/mol. The molecule has 0 aliphatic carbocycles. The Bertz CT molecular complexity index is 1470. The molecule has 0 aliphatic heterocycles. The molecule has 0 bridgehead atoms. The van der Waals surface area contributed by atoms with Gasteiger partial charge in [0, 0.05) is 43.9 Å². The first-order valence-electron chi connectivity index (χ1n) is 11.4. The van der Waals surface area contributed by atoms with Crippen LogP contribution in [-0.2, 0) is 16.4 Å². The van der Waals surface area contributed by atoms with Crippen molar-refractivity contribution in [3.63, 3.8) is 0 Å². The summed E-state index contributed by atoms with van der Waals surface area (Å²) < 4.78 is 26.2. The van der Waals surface area contributed by atoms with Crippen molar-refractivity contribution in [2.75, 3.05) is 19.4 Å². The van der Waals surface area contributed by atoms with Gasteiger partial charge in [-0.2, -0.15) is 0 Å². The minimum atomic E-state index is -3.55. The molecule has 9 heteroatoms. The molecule has 1 amide bonds. The number of aromatic nitrogens is 3. The Labute approximate surface area is 211 Å². The number of rotatable bonds is 8. The lowest BCUT2D eigenvalue weighted by Crippen LogP contribution is -2.22. The summed E-state index contributed by atoms with van der Waals surface area (Å²) in [4.78, 5) is 25.7. The van der Waals surface area contributed by atoms with E-state index in [1.807, 2.05) is 30.3 Å². The normalized spacial score (nSPS) is 12.3. The Morgan fingerprint density at radius 3 is 2.53 bits per heavy atom. The summed E-state index contributed by atoms with van der Waals surface area (Å²) in [5, 5.41) is 2.91. The van der Waals surface area contributed by atoms with E-state index in [1.165, 1.54) is 24.6 Å². The highest BCUT2D eigenvalue weighted by atomic mass is 32.2. The topological polar surface area (TPSA) is 105 Å². The van der Waals surface area contributed by atoms with Gasteiger partial charge in [-0.05, 0) is 54.3 Å². The molecular formula is C27H27N5O3S. The predicted octanol–water partition coefficient (Wildman–Crippen LogP) is 4.39. The number of anilines is 1. The second kappa shape index (κ2) is 10.8. The van der Waals surface area contributed by atoms with Crippen LogP contribution >= 0.6 is 0 Å². The zero-order valence-corrected chi connectivity index (χ0v) is 21.1. The number of carbonyl (C=O) groups excluding carboxylic acids is 1. The van der Waals surface area contributed by atoms with Crippen molar-refractivity contribution in [3.05, 3.63) is 102 Å². The Morgan fingerprint density at radius 1 is 0.972 bits per heavy atom. The summed E-state index contributed by atoms with van der Waals surface area (Å²) in [6, 6.07) is 17.9. The van der Waals surface area contributed by atoms with E-state index in [0.717, 1.165) is 11.3 Å². The first-order chi connectivity index (χ1) is 17.2. The van der Waals surface area contributed by atoms with E-state index in [4.69, 9.17) is 4.98 Å². The molecule has 4 aromatic rings. The maximum absolute atomic E-state index is 12.5. The number of hydrogen-bond donors (Lipinski definition) is 1. The fourth-order valence-corrected chi connectivity index (χ4v) is 4.67. The molecule has 2 aromatic heterocycles. The minimum Gasteiger partial charge on any atom is -0.322 e. The van der Waals surface area contributed by atoms with Gasteiger partial charge in [-0.1, -0.05) is 31.2 Å². The van der Waals surface area contributed by atoms with Crippen molar-refractivity contribution in [2.24, 2.45) is 0 Å².